The average molecular weight is 419 g/mol. The van der Waals surface area contributed by atoms with Crippen LogP contribution in [0.1, 0.15) is 67.8 Å². The minimum absolute atomic E-state index is 0.763. The minimum atomic E-state index is 0.763. The van der Waals surface area contributed by atoms with Gasteiger partial charge in [0.05, 0.1) is 5.52 Å². The molecular formula is C27H38N4. The number of aromatic nitrogens is 1. The first-order valence-electron chi connectivity index (χ1n) is 12.6. The number of nitrogens with one attached hydrogen (secondary N) is 3. The fraction of sp³-hybridized carbons (Fsp3) is 0.593. The van der Waals surface area contributed by atoms with Gasteiger partial charge in [0.15, 0.2) is 0 Å². The lowest BCUT2D eigenvalue weighted by atomic mass is 9.93. The number of hydrogen-bond acceptors (Lipinski definition) is 4. The number of hydrogen-bond donors (Lipinski definition) is 3. The van der Waals surface area contributed by atoms with Crippen molar-refractivity contribution >= 4 is 16.6 Å². The number of benzene rings is 1. The lowest BCUT2D eigenvalue weighted by molar-refractivity contribution is 0.365. The third-order valence-corrected chi connectivity index (χ3v) is 7.47. The van der Waals surface area contributed by atoms with Gasteiger partial charge in [0, 0.05) is 48.9 Å². The van der Waals surface area contributed by atoms with Crippen molar-refractivity contribution in [2.45, 2.75) is 71.1 Å². The van der Waals surface area contributed by atoms with E-state index >= 15 is 0 Å². The molecule has 0 unspecified atom stereocenters. The zero-order valence-electron chi connectivity index (χ0n) is 19.2. The summed E-state index contributed by atoms with van der Waals surface area (Å²) in [7, 11) is 0. The summed E-state index contributed by atoms with van der Waals surface area (Å²) in [5.74, 6) is 0.763. The highest BCUT2D eigenvalue weighted by Gasteiger charge is 2.22. The molecule has 0 bridgehead atoms. The molecule has 166 valence electrons. The molecule has 0 spiro atoms. The van der Waals surface area contributed by atoms with Crippen molar-refractivity contribution in [3.05, 3.63) is 46.3 Å². The molecular weight excluding hydrogens is 380 g/mol. The molecule has 4 heteroatoms. The topological polar surface area (TPSA) is 49.0 Å². The van der Waals surface area contributed by atoms with Crippen LogP contribution in [0.25, 0.3) is 10.9 Å². The standard InChI is InChI=1S/C27H38N4/c1-2-21-13-24-26(14-22(21)9-3-4-12-28-15-19-7-5-8-19)31-25-11-6-10-23(25)27(24)30-18-20-16-29-17-20/h13-15,20,28-29H,2-12,16-18H2,1H3,(H,30,31). The van der Waals surface area contributed by atoms with Crippen molar-refractivity contribution in [2.24, 2.45) is 5.92 Å². The largest absolute Gasteiger partial charge is 0.391 e. The van der Waals surface area contributed by atoms with Crippen molar-refractivity contribution in [1.29, 1.82) is 0 Å². The maximum absolute atomic E-state index is 5.13. The van der Waals surface area contributed by atoms with Gasteiger partial charge in [0.25, 0.3) is 0 Å². The van der Waals surface area contributed by atoms with Crippen LogP contribution in [0, 0.1) is 5.92 Å². The Morgan fingerprint density at radius 1 is 1.06 bits per heavy atom. The number of fused-ring (bicyclic) bond motifs is 2. The Hall–Kier alpha value is -2.07. The van der Waals surface area contributed by atoms with Crippen molar-refractivity contribution < 1.29 is 0 Å². The first kappa shape index (κ1) is 20.8. The molecule has 1 saturated heterocycles. The fourth-order valence-corrected chi connectivity index (χ4v) is 5.18. The highest BCUT2D eigenvalue weighted by atomic mass is 15.0. The lowest BCUT2D eigenvalue weighted by Crippen LogP contribution is -2.45. The van der Waals surface area contributed by atoms with Crippen LogP contribution in [-0.2, 0) is 25.7 Å². The molecule has 3 N–H and O–H groups in total. The summed E-state index contributed by atoms with van der Waals surface area (Å²) < 4.78 is 0. The van der Waals surface area contributed by atoms with Crippen LogP contribution in [0.4, 0.5) is 5.69 Å². The number of allylic oxidation sites excluding steroid dienone is 1. The van der Waals surface area contributed by atoms with Crippen LogP contribution < -0.4 is 16.0 Å². The summed E-state index contributed by atoms with van der Waals surface area (Å²) in [5, 5.41) is 12.1. The number of anilines is 1. The molecule has 2 heterocycles. The molecule has 1 aliphatic heterocycles. The highest BCUT2D eigenvalue weighted by molar-refractivity contribution is 5.94. The Bertz CT molecular complexity index is 952. The van der Waals surface area contributed by atoms with Gasteiger partial charge in [-0.3, -0.25) is 4.98 Å². The summed E-state index contributed by atoms with van der Waals surface area (Å²) in [6.07, 6.45) is 14.5. The van der Waals surface area contributed by atoms with E-state index in [4.69, 9.17) is 4.98 Å². The van der Waals surface area contributed by atoms with Gasteiger partial charge >= 0.3 is 0 Å². The second-order valence-electron chi connectivity index (χ2n) is 9.73. The maximum atomic E-state index is 5.13. The zero-order chi connectivity index (χ0) is 21.0. The number of pyridine rings is 1. The second kappa shape index (κ2) is 9.60. The molecule has 0 atom stereocenters. The Morgan fingerprint density at radius 2 is 1.94 bits per heavy atom. The normalized spacial score (nSPS) is 17.9. The fourth-order valence-electron chi connectivity index (χ4n) is 5.18. The van der Waals surface area contributed by atoms with Crippen LogP contribution in [0.15, 0.2) is 23.9 Å². The van der Waals surface area contributed by atoms with Crippen LogP contribution >= 0.6 is 0 Å². The molecule has 31 heavy (non-hydrogen) atoms. The SMILES string of the molecule is CCc1cc2c(NCC3CNC3)c3c(nc2cc1CCCCNC=C1CCC1)CCC3. The smallest absolute Gasteiger partial charge is 0.0729 e. The Labute approximate surface area is 187 Å². The third kappa shape index (κ3) is 4.59. The molecule has 1 aromatic heterocycles. The van der Waals surface area contributed by atoms with Gasteiger partial charge < -0.3 is 16.0 Å². The Balaban J connectivity index is 1.31. The number of unbranched alkanes of at least 4 members (excludes halogenated alkanes) is 1. The predicted molar refractivity (Wildman–Crippen MR) is 131 cm³/mol. The van der Waals surface area contributed by atoms with Crippen LogP contribution in [-0.4, -0.2) is 31.2 Å². The number of rotatable bonds is 10. The molecule has 3 aliphatic rings. The van der Waals surface area contributed by atoms with E-state index in [0.29, 0.717) is 0 Å². The number of nitrogens with zero attached hydrogens (tertiary/aromatic N) is 1. The molecule has 4 nitrogen and oxygen atoms in total. The predicted octanol–water partition coefficient (Wildman–Crippen LogP) is 4.90. The van der Waals surface area contributed by atoms with Crippen LogP contribution in [0.2, 0.25) is 0 Å². The van der Waals surface area contributed by atoms with Gasteiger partial charge in [-0.2, -0.15) is 0 Å². The summed E-state index contributed by atoms with van der Waals surface area (Å²) in [6.45, 7) is 6.76. The summed E-state index contributed by atoms with van der Waals surface area (Å²) in [6, 6.07) is 4.86. The lowest BCUT2D eigenvalue weighted by Gasteiger charge is -2.28. The van der Waals surface area contributed by atoms with Gasteiger partial charge in [-0.15, -0.1) is 0 Å². The van der Waals surface area contributed by atoms with E-state index in [1.807, 2.05) is 0 Å². The Morgan fingerprint density at radius 3 is 2.68 bits per heavy atom. The third-order valence-electron chi connectivity index (χ3n) is 7.47. The quantitative estimate of drug-likeness (QED) is 0.481. The molecule has 2 aromatic rings. The zero-order valence-corrected chi connectivity index (χ0v) is 19.2. The van der Waals surface area contributed by atoms with E-state index in [9.17, 15) is 0 Å². The molecule has 0 amide bonds. The van der Waals surface area contributed by atoms with E-state index in [1.165, 1.54) is 83.9 Å². The molecule has 5 rings (SSSR count). The summed E-state index contributed by atoms with van der Waals surface area (Å²) in [5.41, 5.74) is 10.0. The number of aryl methyl sites for hydroxylation is 3. The van der Waals surface area contributed by atoms with Crippen molar-refractivity contribution in [3.8, 4) is 0 Å². The molecule has 0 radical (unpaired) electrons. The molecule has 2 fully saturated rings. The van der Waals surface area contributed by atoms with Gasteiger partial charge in [-0.25, -0.2) is 0 Å². The van der Waals surface area contributed by atoms with Crippen molar-refractivity contribution in [3.63, 3.8) is 0 Å². The molecule has 1 aromatic carbocycles. The van der Waals surface area contributed by atoms with E-state index in [0.717, 1.165) is 51.4 Å². The molecule has 2 aliphatic carbocycles. The summed E-state index contributed by atoms with van der Waals surface area (Å²) >= 11 is 0. The first-order valence-corrected chi connectivity index (χ1v) is 12.6. The van der Waals surface area contributed by atoms with Gasteiger partial charge in [-0.1, -0.05) is 12.5 Å². The van der Waals surface area contributed by atoms with Gasteiger partial charge in [0.2, 0.25) is 0 Å². The van der Waals surface area contributed by atoms with Crippen molar-refractivity contribution in [2.75, 3.05) is 31.5 Å². The van der Waals surface area contributed by atoms with E-state index in [1.54, 1.807) is 5.57 Å². The van der Waals surface area contributed by atoms with Crippen LogP contribution in [0.3, 0.4) is 0 Å². The Kier molecular flexibility index (Phi) is 6.45. The minimum Gasteiger partial charge on any atom is -0.391 e. The molecule has 1 saturated carbocycles. The monoisotopic (exact) mass is 418 g/mol. The van der Waals surface area contributed by atoms with E-state index < -0.39 is 0 Å². The van der Waals surface area contributed by atoms with Gasteiger partial charge in [0.1, 0.15) is 0 Å². The highest BCUT2D eigenvalue weighted by Crippen LogP contribution is 2.36. The average Bonchev–Trinajstić information content (AvgIpc) is 3.17. The maximum Gasteiger partial charge on any atom is 0.0729 e. The van der Waals surface area contributed by atoms with Gasteiger partial charge in [-0.05, 0) is 99.2 Å². The first-order chi connectivity index (χ1) is 15.3. The van der Waals surface area contributed by atoms with Crippen molar-refractivity contribution in [1.82, 2.24) is 15.6 Å². The van der Waals surface area contributed by atoms with Crippen LogP contribution in [0.5, 0.6) is 0 Å². The summed E-state index contributed by atoms with van der Waals surface area (Å²) in [4.78, 5) is 5.13. The van der Waals surface area contributed by atoms with E-state index in [-0.39, 0.29) is 0 Å². The van der Waals surface area contributed by atoms with E-state index in [2.05, 4.69) is 41.2 Å². The second-order valence-corrected chi connectivity index (χ2v) is 9.73.